The lowest BCUT2D eigenvalue weighted by Gasteiger charge is -2.23. The minimum atomic E-state index is -5.08. The standard InChI is InChI=1S/C18H20N4O2.C2HF3O2/c19-10-14-3-1-5-17(20-14)21-15-9-18(24-12-15)6-7-22(13-18)11-16-4-2-8-23-16;3-2(4,5)1(6)7/h1-5,8,15H,6-7,9,11-13H2,(H,20,21);(H,6,7). The Labute approximate surface area is 176 Å². The maximum absolute atomic E-state index is 10.6. The molecule has 2 unspecified atom stereocenters. The quantitative estimate of drug-likeness (QED) is 0.749. The topological polar surface area (TPSA) is 112 Å². The van der Waals surface area contributed by atoms with Crippen molar-refractivity contribution in [2.45, 2.75) is 37.2 Å². The molecule has 0 bridgehead atoms. The van der Waals surface area contributed by atoms with Gasteiger partial charge in [-0.2, -0.15) is 18.4 Å². The number of carboxylic acids is 1. The number of likely N-dealkylation sites (tertiary alicyclic amines) is 1. The molecule has 2 aromatic heterocycles. The number of ether oxygens (including phenoxy) is 1. The van der Waals surface area contributed by atoms with E-state index in [1.54, 1.807) is 12.3 Å². The molecule has 0 aromatic carbocycles. The molecule has 0 saturated carbocycles. The molecule has 166 valence electrons. The van der Waals surface area contributed by atoms with Gasteiger partial charge in [0.15, 0.2) is 0 Å². The molecular weight excluding hydrogens is 417 g/mol. The van der Waals surface area contributed by atoms with Gasteiger partial charge in [-0.1, -0.05) is 6.07 Å². The maximum atomic E-state index is 10.6. The summed E-state index contributed by atoms with van der Waals surface area (Å²) in [5.41, 5.74) is 0.357. The minimum Gasteiger partial charge on any atom is -0.475 e. The van der Waals surface area contributed by atoms with Gasteiger partial charge >= 0.3 is 12.1 Å². The van der Waals surface area contributed by atoms with Gasteiger partial charge in [-0.05, 0) is 30.7 Å². The van der Waals surface area contributed by atoms with Gasteiger partial charge in [0.25, 0.3) is 0 Å². The Morgan fingerprint density at radius 3 is 2.81 bits per heavy atom. The van der Waals surface area contributed by atoms with Crippen LogP contribution in [0.25, 0.3) is 0 Å². The van der Waals surface area contributed by atoms with Crippen LogP contribution in [0.5, 0.6) is 0 Å². The third-order valence-electron chi connectivity index (χ3n) is 5.02. The van der Waals surface area contributed by atoms with Crippen LogP contribution in [0.15, 0.2) is 41.0 Å². The van der Waals surface area contributed by atoms with Crippen LogP contribution in [-0.4, -0.2) is 58.5 Å². The number of furan rings is 1. The molecule has 2 fully saturated rings. The molecule has 2 saturated heterocycles. The van der Waals surface area contributed by atoms with Gasteiger partial charge in [-0.25, -0.2) is 9.78 Å². The van der Waals surface area contributed by atoms with Crippen LogP contribution in [-0.2, 0) is 16.1 Å². The van der Waals surface area contributed by atoms with Crippen molar-refractivity contribution in [1.82, 2.24) is 9.88 Å². The van der Waals surface area contributed by atoms with Gasteiger partial charge in [0.05, 0.1) is 31.1 Å². The predicted molar refractivity (Wildman–Crippen MR) is 102 cm³/mol. The van der Waals surface area contributed by atoms with Crippen molar-refractivity contribution in [2.75, 3.05) is 25.0 Å². The zero-order chi connectivity index (χ0) is 22.5. The summed E-state index contributed by atoms with van der Waals surface area (Å²) in [4.78, 5) is 15.6. The average Bonchev–Trinajstić information content (AvgIpc) is 3.45. The number of carbonyl (C=O) groups is 1. The van der Waals surface area contributed by atoms with Crippen molar-refractivity contribution < 1.29 is 32.2 Å². The molecule has 0 radical (unpaired) electrons. The molecule has 4 heterocycles. The number of hydrogen-bond donors (Lipinski definition) is 2. The van der Waals surface area contributed by atoms with E-state index in [1.165, 1.54) is 0 Å². The first-order chi connectivity index (χ1) is 14.7. The van der Waals surface area contributed by atoms with Crippen LogP contribution in [0.2, 0.25) is 0 Å². The summed E-state index contributed by atoms with van der Waals surface area (Å²) >= 11 is 0. The van der Waals surface area contributed by atoms with E-state index in [0.717, 1.165) is 44.1 Å². The molecule has 8 nitrogen and oxygen atoms in total. The predicted octanol–water partition coefficient (Wildman–Crippen LogP) is 3.03. The average molecular weight is 438 g/mol. The SMILES string of the molecule is N#Cc1cccc(NC2COC3(CCN(Cc4ccco4)C3)C2)n1.O=C(O)C(F)(F)F. The van der Waals surface area contributed by atoms with Crippen molar-refractivity contribution >= 4 is 11.8 Å². The fourth-order valence-corrected chi connectivity index (χ4v) is 3.69. The highest BCUT2D eigenvalue weighted by Gasteiger charge is 2.45. The minimum absolute atomic E-state index is 0.0723. The largest absolute Gasteiger partial charge is 0.490 e. The molecular formula is C20H21F3N4O4. The first-order valence-electron chi connectivity index (χ1n) is 9.52. The summed E-state index contributed by atoms with van der Waals surface area (Å²) in [5.74, 6) is -1.02. The fourth-order valence-electron chi connectivity index (χ4n) is 3.69. The number of aromatic nitrogens is 1. The highest BCUT2D eigenvalue weighted by atomic mass is 19.4. The third kappa shape index (κ3) is 6.19. The van der Waals surface area contributed by atoms with Gasteiger partial charge < -0.3 is 19.6 Å². The maximum Gasteiger partial charge on any atom is 0.490 e. The van der Waals surface area contributed by atoms with Gasteiger partial charge in [-0.15, -0.1) is 0 Å². The van der Waals surface area contributed by atoms with Crippen LogP contribution >= 0.6 is 0 Å². The first kappa shape index (κ1) is 22.6. The first-order valence-corrected chi connectivity index (χ1v) is 9.52. The molecule has 0 amide bonds. The molecule has 1 spiro atoms. The third-order valence-corrected chi connectivity index (χ3v) is 5.02. The summed E-state index contributed by atoms with van der Waals surface area (Å²) in [5, 5.41) is 19.5. The van der Waals surface area contributed by atoms with E-state index < -0.39 is 12.1 Å². The highest BCUT2D eigenvalue weighted by Crippen LogP contribution is 2.36. The Morgan fingerprint density at radius 2 is 2.16 bits per heavy atom. The molecule has 2 N–H and O–H groups in total. The number of alkyl halides is 3. The Kier molecular flexibility index (Phi) is 6.82. The molecule has 2 aliphatic heterocycles. The second-order valence-corrected chi connectivity index (χ2v) is 7.40. The van der Waals surface area contributed by atoms with Crippen LogP contribution in [0.4, 0.5) is 19.0 Å². The van der Waals surface area contributed by atoms with E-state index >= 15 is 0 Å². The Hall–Kier alpha value is -3.10. The number of anilines is 1. The number of hydrogen-bond acceptors (Lipinski definition) is 7. The lowest BCUT2D eigenvalue weighted by atomic mass is 9.97. The Bertz CT molecular complexity index is 929. The molecule has 11 heteroatoms. The van der Waals surface area contributed by atoms with Crippen molar-refractivity contribution in [3.05, 3.63) is 48.0 Å². The monoisotopic (exact) mass is 438 g/mol. The van der Waals surface area contributed by atoms with Crippen LogP contribution in [0, 0.1) is 11.3 Å². The second-order valence-electron chi connectivity index (χ2n) is 7.40. The van der Waals surface area contributed by atoms with Gasteiger partial charge in [-0.3, -0.25) is 4.90 Å². The van der Waals surface area contributed by atoms with Gasteiger partial charge in [0.2, 0.25) is 0 Å². The van der Waals surface area contributed by atoms with Crippen molar-refractivity contribution in [3.8, 4) is 6.07 Å². The van der Waals surface area contributed by atoms with E-state index in [0.29, 0.717) is 12.3 Å². The number of aliphatic carboxylic acids is 1. The summed E-state index contributed by atoms with van der Waals surface area (Å²) in [6.07, 6.45) is -1.37. The van der Waals surface area contributed by atoms with E-state index in [4.69, 9.17) is 24.3 Å². The number of nitrogens with one attached hydrogen (secondary N) is 1. The number of carboxylic acid groups (broad SMARTS) is 1. The molecule has 0 aliphatic carbocycles. The molecule has 2 aliphatic rings. The van der Waals surface area contributed by atoms with Gasteiger partial charge in [0, 0.05) is 19.5 Å². The lowest BCUT2D eigenvalue weighted by molar-refractivity contribution is -0.192. The fraction of sp³-hybridized carbons (Fsp3) is 0.450. The zero-order valence-corrected chi connectivity index (χ0v) is 16.4. The Morgan fingerprint density at radius 1 is 1.39 bits per heavy atom. The van der Waals surface area contributed by atoms with Crippen LogP contribution in [0.1, 0.15) is 24.3 Å². The van der Waals surface area contributed by atoms with E-state index in [9.17, 15) is 13.2 Å². The molecule has 4 rings (SSSR count). The van der Waals surface area contributed by atoms with Crippen molar-refractivity contribution in [3.63, 3.8) is 0 Å². The zero-order valence-electron chi connectivity index (χ0n) is 16.4. The van der Waals surface area contributed by atoms with Crippen LogP contribution in [0.3, 0.4) is 0 Å². The summed E-state index contributed by atoms with van der Waals surface area (Å²) < 4.78 is 43.3. The number of pyridine rings is 1. The summed E-state index contributed by atoms with van der Waals surface area (Å²) in [6.45, 7) is 3.46. The van der Waals surface area contributed by atoms with Crippen molar-refractivity contribution in [1.29, 1.82) is 5.26 Å². The van der Waals surface area contributed by atoms with Crippen LogP contribution < -0.4 is 5.32 Å². The number of halogens is 3. The highest BCUT2D eigenvalue weighted by molar-refractivity contribution is 5.73. The number of nitriles is 1. The van der Waals surface area contributed by atoms with Crippen molar-refractivity contribution in [2.24, 2.45) is 0 Å². The number of rotatable bonds is 4. The summed E-state index contributed by atoms with van der Waals surface area (Å²) in [6, 6.07) is 11.7. The van der Waals surface area contributed by atoms with E-state index in [2.05, 4.69) is 21.3 Å². The molecule has 2 atom stereocenters. The van der Waals surface area contributed by atoms with Gasteiger partial charge in [0.1, 0.15) is 23.3 Å². The lowest BCUT2D eigenvalue weighted by Crippen LogP contribution is -2.33. The normalized spacial score (nSPS) is 23.2. The Balaban J connectivity index is 0.000000339. The molecule has 2 aromatic rings. The summed E-state index contributed by atoms with van der Waals surface area (Å²) in [7, 11) is 0. The van der Waals surface area contributed by atoms with E-state index in [-0.39, 0.29) is 11.6 Å². The second kappa shape index (κ2) is 9.36. The smallest absolute Gasteiger partial charge is 0.475 e. The van der Waals surface area contributed by atoms with E-state index in [1.807, 2.05) is 24.3 Å². The number of nitrogens with zero attached hydrogens (tertiary/aromatic N) is 3. The molecule has 31 heavy (non-hydrogen) atoms.